The van der Waals surface area contributed by atoms with E-state index in [0.717, 1.165) is 67.8 Å². The predicted molar refractivity (Wildman–Crippen MR) is 128 cm³/mol. The summed E-state index contributed by atoms with van der Waals surface area (Å²) in [6.45, 7) is 10.6. The quantitative estimate of drug-likeness (QED) is 0.617. The molecule has 7 rings (SSSR count). The largest absolute Gasteiger partial charge is 0.378 e. The van der Waals surface area contributed by atoms with Crippen molar-refractivity contribution in [2.45, 2.75) is 44.6 Å². The van der Waals surface area contributed by atoms with Crippen molar-refractivity contribution < 1.29 is 4.74 Å². The number of ether oxygens (including phenoxy) is 1. The molecule has 2 aliphatic carbocycles. The zero-order valence-corrected chi connectivity index (χ0v) is 19.6. The fourth-order valence-corrected chi connectivity index (χ4v) is 6.84. The molecule has 2 aromatic heterocycles. The van der Waals surface area contributed by atoms with Gasteiger partial charge in [0.15, 0.2) is 5.82 Å². The molecule has 33 heavy (non-hydrogen) atoms. The maximum Gasteiger partial charge on any atom is 0.159 e. The van der Waals surface area contributed by atoms with Crippen molar-refractivity contribution in [3.05, 3.63) is 42.4 Å². The molecule has 172 valence electrons. The summed E-state index contributed by atoms with van der Waals surface area (Å²) in [5, 5.41) is 5.88. The van der Waals surface area contributed by atoms with Crippen molar-refractivity contribution in [3.8, 4) is 5.82 Å². The zero-order chi connectivity index (χ0) is 22.2. The predicted octanol–water partition coefficient (Wildman–Crippen LogP) is 3.41. The lowest BCUT2D eigenvalue weighted by molar-refractivity contribution is -0.0117. The number of aromatic nitrogens is 4. The molecular formula is C26H32N6O. The van der Waals surface area contributed by atoms with Gasteiger partial charge >= 0.3 is 0 Å². The van der Waals surface area contributed by atoms with Crippen LogP contribution in [0.3, 0.4) is 0 Å². The number of anilines is 1. The van der Waals surface area contributed by atoms with E-state index in [2.05, 4.69) is 57.9 Å². The Morgan fingerprint density at radius 2 is 1.94 bits per heavy atom. The van der Waals surface area contributed by atoms with Crippen LogP contribution in [0.1, 0.15) is 38.7 Å². The summed E-state index contributed by atoms with van der Waals surface area (Å²) in [5.41, 5.74) is 3.47. The van der Waals surface area contributed by atoms with Gasteiger partial charge in [0.2, 0.25) is 0 Å². The smallest absolute Gasteiger partial charge is 0.159 e. The van der Waals surface area contributed by atoms with E-state index in [1.165, 1.54) is 24.8 Å². The van der Waals surface area contributed by atoms with E-state index >= 15 is 0 Å². The maximum absolute atomic E-state index is 5.72. The van der Waals surface area contributed by atoms with Crippen LogP contribution in [0.5, 0.6) is 0 Å². The molecule has 4 fully saturated rings. The van der Waals surface area contributed by atoms with Gasteiger partial charge in [-0.3, -0.25) is 4.90 Å². The first kappa shape index (κ1) is 19.9. The third kappa shape index (κ3) is 2.98. The van der Waals surface area contributed by atoms with E-state index in [1.54, 1.807) is 6.33 Å². The molecule has 2 saturated heterocycles. The lowest BCUT2D eigenvalue weighted by Gasteiger charge is -2.54. The summed E-state index contributed by atoms with van der Waals surface area (Å²) in [7, 11) is 0. The SMILES string of the molecule is C[C@H]1C2(CC2)C[C@@]1(C)c1ccc2cnn(-c3cc(N4CCN5CCOC[C@@H]5C4)ncn3)c2c1. The van der Waals surface area contributed by atoms with Gasteiger partial charge in [0.05, 0.1) is 31.0 Å². The van der Waals surface area contributed by atoms with Crippen LogP contribution in [-0.2, 0) is 10.2 Å². The molecule has 4 aliphatic rings. The topological polar surface area (TPSA) is 59.3 Å². The highest BCUT2D eigenvalue weighted by Crippen LogP contribution is 2.72. The molecule has 0 amide bonds. The second kappa shape index (κ2) is 7.00. The Morgan fingerprint density at radius 1 is 1.06 bits per heavy atom. The van der Waals surface area contributed by atoms with Crippen molar-refractivity contribution in [2.24, 2.45) is 11.3 Å². The molecule has 4 heterocycles. The first-order valence-corrected chi connectivity index (χ1v) is 12.4. The summed E-state index contributed by atoms with van der Waals surface area (Å²) in [4.78, 5) is 14.1. The van der Waals surface area contributed by atoms with Gasteiger partial charge in [0, 0.05) is 37.6 Å². The minimum absolute atomic E-state index is 0.262. The van der Waals surface area contributed by atoms with Crippen LogP contribution < -0.4 is 4.90 Å². The minimum Gasteiger partial charge on any atom is -0.378 e. The highest BCUT2D eigenvalue weighted by molar-refractivity contribution is 5.81. The summed E-state index contributed by atoms with van der Waals surface area (Å²) < 4.78 is 7.71. The van der Waals surface area contributed by atoms with E-state index < -0.39 is 0 Å². The number of fused-ring (bicyclic) bond motifs is 2. The molecule has 0 bridgehead atoms. The standard InChI is InChI=1S/C26H32N6O/c1-18-25(2,16-26(18)5-6-26)20-4-3-19-13-29-32(22(19)11-20)24-12-23(27-17-28-24)31-8-7-30-9-10-33-15-21(30)14-31/h3-4,11-13,17-18,21H,5-10,14-16H2,1-2H3/t18-,21+,25-/m1/s1. The summed E-state index contributed by atoms with van der Waals surface area (Å²) in [6, 6.07) is 9.43. The Bertz CT molecular complexity index is 1220. The Hall–Kier alpha value is -2.51. The summed E-state index contributed by atoms with van der Waals surface area (Å²) in [6.07, 6.45) is 7.77. The Labute approximate surface area is 194 Å². The lowest BCUT2D eigenvalue weighted by atomic mass is 9.50. The monoisotopic (exact) mass is 444 g/mol. The van der Waals surface area contributed by atoms with Gasteiger partial charge < -0.3 is 9.64 Å². The van der Waals surface area contributed by atoms with Crippen LogP contribution in [0, 0.1) is 11.3 Å². The number of piperazine rings is 1. The van der Waals surface area contributed by atoms with Gasteiger partial charge in [-0.05, 0) is 47.6 Å². The average Bonchev–Trinajstić information content (AvgIpc) is 3.55. The van der Waals surface area contributed by atoms with E-state index in [1.807, 2.05) is 10.9 Å². The average molecular weight is 445 g/mol. The van der Waals surface area contributed by atoms with E-state index in [0.29, 0.717) is 11.5 Å². The molecule has 1 aromatic carbocycles. The number of benzene rings is 1. The van der Waals surface area contributed by atoms with Crippen LogP contribution in [-0.4, -0.2) is 70.1 Å². The molecule has 2 aliphatic heterocycles. The van der Waals surface area contributed by atoms with Gasteiger partial charge in [-0.15, -0.1) is 0 Å². The van der Waals surface area contributed by atoms with Crippen LogP contribution in [0.15, 0.2) is 36.8 Å². The molecular weight excluding hydrogens is 412 g/mol. The van der Waals surface area contributed by atoms with Crippen molar-refractivity contribution in [1.29, 1.82) is 0 Å². The minimum atomic E-state index is 0.262. The number of morpholine rings is 1. The maximum atomic E-state index is 5.72. The number of hydrogen-bond acceptors (Lipinski definition) is 6. The Kier molecular flexibility index (Phi) is 4.22. The van der Waals surface area contributed by atoms with E-state index in [4.69, 9.17) is 9.84 Å². The molecule has 0 N–H and O–H groups in total. The van der Waals surface area contributed by atoms with Crippen molar-refractivity contribution >= 4 is 16.7 Å². The van der Waals surface area contributed by atoms with Gasteiger partial charge in [-0.2, -0.15) is 5.10 Å². The molecule has 0 unspecified atom stereocenters. The normalized spacial score (nSPS) is 30.9. The molecule has 1 spiro atoms. The number of nitrogens with zero attached hydrogens (tertiary/aromatic N) is 6. The van der Waals surface area contributed by atoms with E-state index in [9.17, 15) is 0 Å². The second-order valence-corrected chi connectivity index (χ2v) is 11.0. The van der Waals surface area contributed by atoms with Crippen LogP contribution in [0.25, 0.3) is 16.7 Å². The highest BCUT2D eigenvalue weighted by Gasteiger charge is 2.64. The van der Waals surface area contributed by atoms with Gasteiger partial charge in [-0.1, -0.05) is 26.0 Å². The van der Waals surface area contributed by atoms with Gasteiger partial charge in [0.25, 0.3) is 0 Å². The first-order valence-electron chi connectivity index (χ1n) is 12.4. The molecule has 7 nitrogen and oxygen atoms in total. The Balaban J connectivity index is 1.20. The van der Waals surface area contributed by atoms with Crippen molar-refractivity contribution in [1.82, 2.24) is 24.6 Å². The van der Waals surface area contributed by atoms with Crippen molar-refractivity contribution in [3.63, 3.8) is 0 Å². The van der Waals surface area contributed by atoms with Crippen LogP contribution in [0.2, 0.25) is 0 Å². The fraction of sp³-hybridized carbons (Fsp3) is 0.577. The number of hydrogen-bond donors (Lipinski definition) is 0. The van der Waals surface area contributed by atoms with Gasteiger partial charge in [-0.25, -0.2) is 14.6 Å². The molecule has 7 heteroatoms. The van der Waals surface area contributed by atoms with Crippen LogP contribution in [0.4, 0.5) is 5.82 Å². The molecule has 3 atom stereocenters. The van der Waals surface area contributed by atoms with Gasteiger partial charge in [0.1, 0.15) is 12.1 Å². The third-order valence-electron chi connectivity index (χ3n) is 9.33. The fourth-order valence-electron chi connectivity index (χ4n) is 6.84. The molecule has 2 saturated carbocycles. The lowest BCUT2D eigenvalue weighted by Crippen LogP contribution is -2.58. The number of rotatable bonds is 3. The van der Waals surface area contributed by atoms with Crippen LogP contribution >= 0.6 is 0 Å². The third-order valence-corrected chi connectivity index (χ3v) is 9.33. The van der Waals surface area contributed by atoms with E-state index in [-0.39, 0.29) is 5.41 Å². The summed E-state index contributed by atoms with van der Waals surface area (Å²) >= 11 is 0. The Morgan fingerprint density at radius 3 is 2.79 bits per heavy atom. The van der Waals surface area contributed by atoms with Crippen molar-refractivity contribution in [2.75, 3.05) is 44.3 Å². The summed E-state index contributed by atoms with van der Waals surface area (Å²) in [5.74, 6) is 2.55. The zero-order valence-electron chi connectivity index (χ0n) is 19.6. The highest BCUT2D eigenvalue weighted by atomic mass is 16.5. The first-order chi connectivity index (χ1) is 16.1. The second-order valence-electron chi connectivity index (χ2n) is 11.0. The molecule has 3 aromatic rings. The molecule has 0 radical (unpaired) electrons.